The van der Waals surface area contributed by atoms with Crippen molar-refractivity contribution in [3.05, 3.63) is 29.9 Å². The number of nitrogens with two attached hydrogens (primary N) is 2. The van der Waals surface area contributed by atoms with Gasteiger partial charge in [-0.25, -0.2) is 19.9 Å². The zero-order chi connectivity index (χ0) is 25.4. The summed E-state index contributed by atoms with van der Waals surface area (Å²) >= 11 is 5.41. The third kappa shape index (κ3) is 20.2. The van der Waals surface area contributed by atoms with E-state index in [9.17, 15) is 5.11 Å². The summed E-state index contributed by atoms with van der Waals surface area (Å²) in [6, 6.07) is 3.15. The molecule has 0 atom stereocenters. The van der Waals surface area contributed by atoms with Gasteiger partial charge >= 0.3 is 51.4 Å². The summed E-state index contributed by atoms with van der Waals surface area (Å²) < 4.78 is 5.54. The van der Waals surface area contributed by atoms with Crippen molar-refractivity contribution in [2.24, 2.45) is 11.8 Å². The molecule has 9 nitrogen and oxygen atoms in total. The fourth-order valence-electron chi connectivity index (χ4n) is 3.35. The molecule has 5 N–H and O–H groups in total. The molecular formula is C24H40ClKN6O3. The zero-order valence-corrected chi connectivity index (χ0v) is 25.5. The van der Waals surface area contributed by atoms with Gasteiger partial charge in [0.2, 0.25) is 5.88 Å². The minimum atomic E-state index is -0.750. The van der Waals surface area contributed by atoms with E-state index in [1.807, 2.05) is 0 Å². The van der Waals surface area contributed by atoms with Crippen molar-refractivity contribution in [3.63, 3.8) is 0 Å². The molecule has 0 spiro atoms. The Morgan fingerprint density at radius 3 is 1.74 bits per heavy atom. The van der Waals surface area contributed by atoms with Crippen LogP contribution in [0.4, 0.5) is 11.6 Å². The van der Waals surface area contributed by atoms with E-state index in [0.29, 0.717) is 41.1 Å². The van der Waals surface area contributed by atoms with E-state index in [4.69, 9.17) is 32.9 Å². The summed E-state index contributed by atoms with van der Waals surface area (Å²) in [4.78, 5) is 15.0. The molecule has 2 saturated carbocycles. The molecule has 0 aliphatic heterocycles. The van der Waals surface area contributed by atoms with Crippen molar-refractivity contribution in [1.29, 1.82) is 0 Å². The SMILES string of the molecule is CC(C)(C)[O-].Nc1cc(Cl)ncn1.Nc1cc(OCC2CCCC2)ncn1.OCC1CCCC1.[K+]. The van der Waals surface area contributed by atoms with Gasteiger partial charge in [-0.3, -0.25) is 0 Å². The van der Waals surface area contributed by atoms with Gasteiger partial charge in [-0.15, -0.1) is 5.60 Å². The van der Waals surface area contributed by atoms with Crippen LogP contribution in [-0.4, -0.2) is 43.9 Å². The molecule has 2 fully saturated rings. The average Bonchev–Trinajstić information content (AvgIpc) is 3.46. The molecule has 2 aliphatic carbocycles. The fourth-order valence-corrected chi connectivity index (χ4v) is 3.51. The van der Waals surface area contributed by atoms with E-state index >= 15 is 0 Å². The number of nitrogen functional groups attached to an aromatic ring is 2. The summed E-state index contributed by atoms with van der Waals surface area (Å²) in [6.45, 7) is 6.07. The standard InChI is InChI=1S/C10H15N3O.C6H12O.C4H4ClN3.C4H9O.K/c11-9-5-10(13-7-12-9)14-6-8-3-1-2-4-8;7-5-6-3-1-2-4-6;5-3-1-4(6)8-2-7-3;1-4(2,3)5;/h5,7-8H,1-4,6H2,(H2,11,12,13);6-7H,1-5H2;1-2H,(H2,6,7,8);1-3H3;/q;;;-1;+1. The molecule has 11 heteroatoms. The van der Waals surface area contributed by atoms with Crippen LogP contribution in [0.1, 0.15) is 72.1 Å². The van der Waals surface area contributed by atoms with Crippen LogP contribution in [0.3, 0.4) is 0 Å². The van der Waals surface area contributed by atoms with Crippen LogP contribution in [0.2, 0.25) is 5.15 Å². The fraction of sp³-hybridized carbons (Fsp3) is 0.667. The zero-order valence-electron chi connectivity index (χ0n) is 21.6. The Hall–Kier alpha value is -0.594. The summed E-state index contributed by atoms with van der Waals surface area (Å²) in [5, 5.41) is 19.0. The minimum Gasteiger partial charge on any atom is -0.850 e. The molecule has 2 heterocycles. The Morgan fingerprint density at radius 2 is 1.37 bits per heavy atom. The predicted molar refractivity (Wildman–Crippen MR) is 134 cm³/mol. The smallest absolute Gasteiger partial charge is 0.850 e. The number of anilines is 2. The van der Waals surface area contributed by atoms with Crippen molar-refractivity contribution < 1.29 is 66.3 Å². The number of nitrogens with zero attached hydrogens (tertiary/aromatic N) is 4. The number of ether oxygens (including phenoxy) is 1. The normalized spacial score (nSPS) is 15.4. The number of aromatic nitrogens is 4. The first-order valence-electron chi connectivity index (χ1n) is 11.8. The van der Waals surface area contributed by atoms with Crippen molar-refractivity contribution in [2.45, 2.75) is 77.7 Å². The Labute approximate surface area is 257 Å². The second-order valence-electron chi connectivity index (χ2n) is 9.45. The predicted octanol–water partition coefficient (Wildman–Crippen LogP) is 0.658. The summed E-state index contributed by atoms with van der Waals surface area (Å²) in [5.74, 6) is 2.79. The molecule has 2 aromatic heterocycles. The van der Waals surface area contributed by atoms with Crippen molar-refractivity contribution in [1.82, 2.24) is 19.9 Å². The number of halogens is 1. The third-order valence-corrected chi connectivity index (χ3v) is 5.20. The van der Waals surface area contributed by atoms with Gasteiger partial charge in [0.1, 0.15) is 29.4 Å². The molecule has 192 valence electrons. The molecule has 0 amide bonds. The van der Waals surface area contributed by atoms with E-state index < -0.39 is 5.60 Å². The van der Waals surface area contributed by atoms with Crippen LogP contribution in [0.5, 0.6) is 5.88 Å². The maximum Gasteiger partial charge on any atom is 1.00 e. The third-order valence-electron chi connectivity index (χ3n) is 4.99. The van der Waals surface area contributed by atoms with Gasteiger partial charge in [-0.1, -0.05) is 58.1 Å². The summed E-state index contributed by atoms with van der Waals surface area (Å²) in [5.41, 5.74) is 9.98. The maximum atomic E-state index is 10.1. The molecule has 0 radical (unpaired) electrons. The van der Waals surface area contributed by atoms with Crippen molar-refractivity contribution >= 4 is 23.2 Å². The molecule has 0 saturated heterocycles. The Kier molecular flexibility index (Phi) is 19.2. The van der Waals surface area contributed by atoms with Crippen LogP contribution in [0.15, 0.2) is 24.8 Å². The molecule has 2 aromatic rings. The molecule has 0 unspecified atom stereocenters. The molecule has 0 bridgehead atoms. The quantitative estimate of drug-likeness (QED) is 0.378. The maximum absolute atomic E-state index is 10.1. The van der Waals surface area contributed by atoms with Gasteiger partial charge in [0.05, 0.1) is 6.61 Å². The van der Waals surface area contributed by atoms with Crippen molar-refractivity contribution in [2.75, 3.05) is 24.7 Å². The van der Waals surface area contributed by atoms with E-state index in [1.54, 1.807) is 26.8 Å². The van der Waals surface area contributed by atoms with E-state index in [0.717, 1.165) is 6.61 Å². The molecule has 0 aromatic carbocycles. The molecule has 35 heavy (non-hydrogen) atoms. The van der Waals surface area contributed by atoms with Crippen LogP contribution in [-0.2, 0) is 0 Å². The van der Waals surface area contributed by atoms with E-state index in [-0.39, 0.29) is 51.4 Å². The summed E-state index contributed by atoms with van der Waals surface area (Å²) in [7, 11) is 0. The number of aliphatic hydroxyl groups is 1. The second-order valence-corrected chi connectivity index (χ2v) is 9.84. The first-order chi connectivity index (χ1) is 16.1. The summed E-state index contributed by atoms with van der Waals surface area (Å²) in [6.07, 6.45) is 13.2. The minimum absolute atomic E-state index is 0. The Morgan fingerprint density at radius 1 is 0.914 bits per heavy atom. The Balaban J connectivity index is 0.000000474. The average molecular weight is 535 g/mol. The number of aliphatic hydroxyl groups excluding tert-OH is 1. The Bertz CT molecular complexity index is 778. The first kappa shape index (κ1) is 34.4. The molecular weight excluding hydrogens is 495 g/mol. The largest absolute Gasteiger partial charge is 1.00 e. The van der Waals surface area contributed by atoms with Gasteiger partial charge in [0, 0.05) is 18.7 Å². The van der Waals surface area contributed by atoms with E-state index in [1.165, 1.54) is 70.1 Å². The van der Waals surface area contributed by atoms with Gasteiger partial charge in [-0.2, -0.15) is 0 Å². The topological polar surface area (TPSA) is 156 Å². The first-order valence-corrected chi connectivity index (χ1v) is 12.2. The van der Waals surface area contributed by atoms with Crippen LogP contribution < -0.4 is 72.7 Å². The van der Waals surface area contributed by atoms with Crippen LogP contribution in [0, 0.1) is 11.8 Å². The second kappa shape index (κ2) is 19.5. The molecule has 2 aliphatic rings. The van der Waals surface area contributed by atoms with Crippen LogP contribution >= 0.6 is 11.6 Å². The van der Waals surface area contributed by atoms with Gasteiger partial charge in [-0.05, 0) is 37.5 Å². The van der Waals surface area contributed by atoms with E-state index in [2.05, 4.69) is 19.9 Å². The van der Waals surface area contributed by atoms with Gasteiger partial charge in [0.15, 0.2) is 0 Å². The number of rotatable bonds is 4. The number of hydrogen-bond acceptors (Lipinski definition) is 9. The van der Waals surface area contributed by atoms with Crippen molar-refractivity contribution in [3.8, 4) is 5.88 Å². The molecule has 4 rings (SSSR count). The van der Waals surface area contributed by atoms with Crippen LogP contribution in [0.25, 0.3) is 0 Å². The van der Waals surface area contributed by atoms with Gasteiger partial charge in [0.25, 0.3) is 0 Å². The monoisotopic (exact) mass is 534 g/mol. The van der Waals surface area contributed by atoms with Gasteiger partial charge < -0.3 is 26.4 Å². The number of hydrogen-bond donors (Lipinski definition) is 3.